The summed E-state index contributed by atoms with van der Waals surface area (Å²) in [5, 5.41) is 14.8. The van der Waals surface area contributed by atoms with Crippen LogP contribution >= 0.6 is 0 Å². The van der Waals surface area contributed by atoms with Crippen LogP contribution in [0.5, 0.6) is 5.75 Å². The van der Waals surface area contributed by atoms with Crippen LogP contribution in [0.15, 0.2) is 53.8 Å². The van der Waals surface area contributed by atoms with Gasteiger partial charge in [-0.15, -0.1) is 0 Å². The van der Waals surface area contributed by atoms with Gasteiger partial charge in [0, 0.05) is 53.1 Å². The second-order valence-electron chi connectivity index (χ2n) is 9.71. The summed E-state index contributed by atoms with van der Waals surface area (Å²) in [6.45, 7) is 4.02. The van der Waals surface area contributed by atoms with E-state index >= 15 is 0 Å². The molecular weight excluding hydrogens is 452 g/mol. The summed E-state index contributed by atoms with van der Waals surface area (Å²) < 4.78 is 17.1. The molecule has 3 atom stereocenters. The van der Waals surface area contributed by atoms with Crippen molar-refractivity contribution in [3.63, 3.8) is 0 Å². The molecular formula is C26H26N2O7. The van der Waals surface area contributed by atoms with E-state index < -0.39 is 28.0 Å². The molecule has 3 aliphatic rings. The maximum absolute atomic E-state index is 13.5. The van der Waals surface area contributed by atoms with Crippen LogP contribution in [0, 0.1) is 21.4 Å². The van der Waals surface area contributed by atoms with E-state index in [-0.39, 0.29) is 30.2 Å². The summed E-state index contributed by atoms with van der Waals surface area (Å²) in [6.07, 6.45) is 0.286. The number of allylic oxidation sites excluding steroid dienone is 2. The van der Waals surface area contributed by atoms with Crippen LogP contribution in [-0.4, -0.2) is 30.9 Å². The zero-order valence-electron chi connectivity index (χ0n) is 19.9. The lowest BCUT2D eigenvalue weighted by Crippen LogP contribution is -2.60. The molecule has 2 aromatic rings. The number of methoxy groups -OCH3 is 2. The van der Waals surface area contributed by atoms with Crippen molar-refractivity contribution >= 4 is 23.1 Å². The molecule has 0 saturated heterocycles. The van der Waals surface area contributed by atoms with Gasteiger partial charge in [-0.3, -0.25) is 19.7 Å². The topological polar surface area (TPSA) is 117 Å². The number of nitro benzene ring substituents is 1. The zero-order chi connectivity index (χ0) is 25.1. The number of rotatable bonds is 4. The number of nitrogens with one attached hydrogen (secondary N) is 1. The molecule has 5 rings (SSSR count). The minimum Gasteiger partial charge on any atom is -0.497 e. The first kappa shape index (κ1) is 22.9. The maximum Gasteiger partial charge on any atom is 0.309 e. The molecule has 0 radical (unpaired) electrons. The van der Waals surface area contributed by atoms with Gasteiger partial charge in [-0.25, -0.2) is 0 Å². The average Bonchev–Trinajstić information content (AvgIpc) is 2.83. The predicted octanol–water partition coefficient (Wildman–Crippen LogP) is 4.43. The molecule has 9 nitrogen and oxygen atoms in total. The first-order valence-electron chi connectivity index (χ1n) is 11.4. The zero-order valence-corrected chi connectivity index (χ0v) is 19.9. The Labute approximate surface area is 202 Å². The molecule has 0 saturated carbocycles. The number of carbonyl (C=O) groups excluding carboxylic acids is 2. The van der Waals surface area contributed by atoms with E-state index in [4.69, 9.17) is 14.2 Å². The lowest BCUT2D eigenvalue weighted by atomic mass is 9.57. The number of non-ortho nitro benzene ring substituents is 1. The Bertz CT molecular complexity index is 1280. The van der Waals surface area contributed by atoms with E-state index in [0.717, 1.165) is 11.3 Å². The quantitative estimate of drug-likeness (QED) is 0.390. The maximum atomic E-state index is 13.5. The fraction of sp³-hybridized carbons (Fsp3) is 0.385. The van der Waals surface area contributed by atoms with Gasteiger partial charge in [-0.05, 0) is 35.9 Å². The van der Waals surface area contributed by atoms with Crippen molar-refractivity contribution in [1.82, 2.24) is 0 Å². The van der Waals surface area contributed by atoms with Crippen molar-refractivity contribution in [1.29, 1.82) is 0 Å². The first-order valence-corrected chi connectivity index (χ1v) is 11.4. The number of hydrogen-bond donors (Lipinski definition) is 1. The van der Waals surface area contributed by atoms with Crippen molar-refractivity contribution in [2.75, 3.05) is 19.5 Å². The molecule has 0 spiro atoms. The number of hydrogen-bond acceptors (Lipinski definition) is 8. The van der Waals surface area contributed by atoms with Crippen LogP contribution in [-0.2, 0) is 24.8 Å². The van der Waals surface area contributed by atoms with Crippen molar-refractivity contribution in [2.24, 2.45) is 11.3 Å². The number of ketones is 1. The first-order chi connectivity index (χ1) is 16.6. The van der Waals surface area contributed by atoms with Crippen molar-refractivity contribution in [3.05, 3.63) is 75.0 Å². The van der Waals surface area contributed by atoms with Gasteiger partial charge in [0.1, 0.15) is 11.5 Å². The average molecular weight is 479 g/mol. The van der Waals surface area contributed by atoms with E-state index in [1.807, 2.05) is 32.0 Å². The van der Waals surface area contributed by atoms with Crippen molar-refractivity contribution < 1.29 is 28.7 Å². The van der Waals surface area contributed by atoms with Crippen molar-refractivity contribution in [2.45, 2.75) is 38.3 Å². The van der Waals surface area contributed by atoms with Gasteiger partial charge in [-0.2, -0.15) is 0 Å². The smallest absolute Gasteiger partial charge is 0.309 e. The van der Waals surface area contributed by atoms with Gasteiger partial charge in [0.15, 0.2) is 5.78 Å². The van der Waals surface area contributed by atoms with Crippen LogP contribution in [0.2, 0.25) is 0 Å². The van der Waals surface area contributed by atoms with E-state index in [9.17, 15) is 19.7 Å². The fourth-order valence-electron chi connectivity index (χ4n) is 5.79. The number of carbonyl (C=O) groups is 2. The van der Waals surface area contributed by atoms with Crippen LogP contribution in [0.1, 0.15) is 43.7 Å². The van der Waals surface area contributed by atoms with Crippen LogP contribution in [0.25, 0.3) is 0 Å². The third-order valence-corrected chi connectivity index (χ3v) is 7.56. The Hall–Kier alpha value is -3.88. The number of ether oxygens (including phenoxy) is 3. The molecule has 0 aromatic heterocycles. The van der Waals surface area contributed by atoms with Gasteiger partial charge in [0.05, 0.1) is 25.1 Å². The van der Waals surface area contributed by atoms with Crippen LogP contribution in [0.4, 0.5) is 11.4 Å². The molecule has 182 valence electrons. The fourth-order valence-corrected chi connectivity index (χ4v) is 5.79. The van der Waals surface area contributed by atoms with E-state index in [0.29, 0.717) is 22.6 Å². The van der Waals surface area contributed by atoms with Gasteiger partial charge in [0.2, 0.25) is 5.72 Å². The Balaban J connectivity index is 1.75. The normalized spacial score (nSPS) is 26.0. The van der Waals surface area contributed by atoms with Crippen LogP contribution < -0.4 is 10.1 Å². The molecule has 35 heavy (non-hydrogen) atoms. The summed E-state index contributed by atoms with van der Waals surface area (Å²) in [7, 11) is 2.89. The Morgan fingerprint density at radius 3 is 2.49 bits per heavy atom. The lowest BCUT2D eigenvalue weighted by Gasteiger charge is -2.59. The minimum atomic E-state index is -1.15. The standard InChI is InChI=1S/C26H26N2O7/c1-25(2)23-18-13-17(33-3)9-10-19(18)27-26(25,15-5-7-16(8-6-15)28(31)32)35-21-12-14(24(30)34-4)11-20(29)22(21)23/h5-10,13-14,23,27H,11-12H2,1-4H3/t14?,23-,26?/m1/s1. The third-order valence-electron chi connectivity index (χ3n) is 7.56. The Kier molecular flexibility index (Phi) is 5.12. The van der Waals surface area contributed by atoms with E-state index in [2.05, 4.69) is 5.32 Å². The summed E-state index contributed by atoms with van der Waals surface area (Å²) >= 11 is 0. The molecule has 2 aliphatic heterocycles. The van der Waals surface area contributed by atoms with Gasteiger partial charge in [-0.1, -0.05) is 13.8 Å². The lowest BCUT2D eigenvalue weighted by molar-refractivity contribution is -0.384. The van der Waals surface area contributed by atoms with Gasteiger partial charge in [0.25, 0.3) is 5.69 Å². The molecule has 1 aliphatic carbocycles. The highest BCUT2D eigenvalue weighted by atomic mass is 16.6. The molecule has 2 bridgehead atoms. The largest absolute Gasteiger partial charge is 0.497 e. The molecule has 2 aromatic carbocycles. The molecule has 0 amide bonds. The second-order valence-corrected chi connectivity index (χ2v) is 9.71. The number of fused-ring (bicyclic) bond motifs is 5. The summed E-state index contributed by atoms with van der Waals surface area (Å²) in [5.41, 5.74) is 1.04. The highest BCUT2D eigenvalue weighted by Crippen LogP contribution is 2.64. The molecule has 2 heterocycles. The molecule has 9 heteroatoms. The SMILES string of the molecule is COC(=O)C1CC(=O)C2=C(C1)OC1(c3ccc([N+](=O)[O-])cc3)Nc3ccc(OC)cc3[C@H]2C1(C)C. The van der Waals surface area contributed by atoms with E-state index in [1.165, 1.54) is 19.2 Å². The summed E-state index contributed by atoms with van der Waals surface area (Å²) in [5.74, 6) is -0.491. The van der Waals surface area contributed by atoms with Crippen LogP contribution in [0.3, 0.4) is 0 Å². The predicted molar refractivity (Wildman–Crippen MR) is 126 cm³/mol. The summed E-state index contributed by atoms with van der Waals surface area (Å²) in [6, 6.07) is 11.9. The minimum absolute atomic E-state index is 0.0326. The van der Waals surface area contributed by atoms with Gasteiger partial charge >= 0.3 is 5.97 Å². The number of Topliss-reactive ketones (excluding diaryl/α,β-unsaturated/α-hetero) is 1. The van der Waals surface area contributed by atoms with E-state index in [1.54, 1.807) is 19.2 Å². The Morgan fingerprint density at radius 1 is 1.14 bits per heavy atom. The highest BCUT2D eigenvalue weighted by molar-refractivity contribution is 6.01. The monoisotopic (exact) mass is 478 g/mol. The van der Waals surface area contributed by atoms with Crippen molar-refractivity contribution in [3.8, 4) is 5.75 Å². The highest BCUT2D eigenvalue weighted by Gasteiger charge is 2.63. The second kappa shape index (κ2) is 7.83. The number of esters is 1. The van der Waals surface area contributed by atoms with Gasteiger partial charge < -0.3 is 19.5 Å². The molecule has 0 fully saturated rings. The number of nitro groups is 1. The number of benzene rings is 2. The number of anilines is 1. The molecule has 1 N–H and O–H groups in total. The summed E-state index contributed by atoms with van der Waals surface area (Å²) in [4.78, 5) is 36.7. The Morgan fingerprint density at radius 2 is 1.86 bits per heavy atom. The third kappa shape index (κ3) is 3.21. The molecule has 2 unspecified atom stereocenters. The number of nitrogens with zero attached hydrogens (tertiary/aromatic N) is 1.